The molecule has 1 N–H and O–H groups in total. The zero-order chi connectivity index (χ0) is 15.4. The lowest BCUT2D eigenvalue weighted by Crippen LogP contribution is -2.63. The number of rotatable bonds is 2. The monoisotopic (exact) mass is 303 g/mol. The van der Waals surface area contributed by atoms with Gasteiger partial charge in [-0.25, -0.2) is 4.79 Å². The number of aromatic nitrogens is 2. The van der Waals surface area contributed by atoms with Crippen LogP contribution < -0.4 is 0 Å². The van der Waals surface area contributed by atoms with Crippen molar-refractivity contribution in [1.29, 1.82) is 0 Å². The second-order valence-corrected chi connectivity index (χ2v) is 6.26. The molecule has 8 heteroatoms. The van der Waals surface area contributed by atoms with Crippen LogP contribution in [0.15, 0.2) is 6.07 Å². The van der Waals surface area contributed by atoms with Crippen LogP contribution in [0.5, 0.6) is 0 Å². The van der Waals surface area contributed by atoms with E-state index in [4.69, 9.17) is 5.11 Å². The number of amides is 1. The van der Waals surface area contributed by atoms with Gasteiger partial charge in [-0.2, -0.15) is 18.3 Å². The van der Waals surface area contributed by atoms with Crippen molar-refractivity contribution >= 4 is 6.09 Å². The first kappa shape index (κ1) is 14.2. The molecule has 0 aromatic carbocycles. The Morgan fingerprint density at radius 3 is 2.62 bits per heavy atom. The highest BCUT2D eigenvalue weighted by Gasteiger charge is 2.54. The summed E-state index contributed by atoms with van der Waals surface area (Å²) in [5, 5.41) is 12.7. The number of halogens is 3. The maximum Gasteiger partial charge on any atom is 0.433 e. The van der Waals surface area contributed by atoms with Gasteiger partial charge in [0.1, 0.15) is 5.69 Å². The van der Waals surface area contributed by atoms with Gasteiger partial charge in [0.15, 0.2) is 0 Å². The van der Waals surface area contributed by atoms with Crippen molar-refractivity contribution in [3.05, 3.63) is 17.5 Å². The lowest BCUT2D eigenvalue weighted by Gasteiger charge is -2.58. The van der Waals surface area contributed by atoms with Gasteiger partial charge >= 0.3 is 12.3 Å². The average Bonchev–Trinajstić information content (AvgIpc) is 2.60. The van der Waals surface area contributed by atoms with E-state index in [0.717, 1.165) is 23.6 Å². The molecule has 2 aliphatic rings. The van der Waals surface area contributed by atoms with Crippen molar-refractivity contribution < 1.29 is 23.1 Å². The first-order valence-corrected chi connectivity index (χ1v) is 6.78. The van der Waals surface area contributed by atoms with Crippen LogP contribution in [-0.4, -0.2) is 39.0 Å². The van der Waals surface area contributed by atoms with Gasteiger partial charge < -0.3 is 10.0 Å². The third-order valence-electron chi connectivity index (χ3n) is 4.39. The fourth-order valence-corrected chi connectivity index (χ4v) is 3.61. The molecule has 0 atom stereocenters. The summed E-state index contributed by atoms with van der Waals surface area (Å²) in [7, 11) is 0. The second-order valence-electron chi connectivity index (χ2n) is 6.26. The van der Waals surface area contributed by atoms with Gasteiger partial charge in [-0.05, 0) is 31.7 Å². The lowest BCUT2D eigenvalue weighted by molar-refractivity contribution is -0.146. The Balaban J connectivity index is 1.60. The Morgan fingerprint density at radius 2 is 2.10 bits per heavy atom. The molecule has 5 nitrogen and oxygen atoms in total. The molecular weight excluding hydrogens is 287 g/mol. The van der Waals surface area contributed by atoms with Gasteiger partial charge in [0.05, 0.1) is 5.69 Å². The van der Waals surface area contributed by atoms with Gasteiger partial charge in [0.2, 0.25) is 0 Å². The molecule has 116 valence electrons. The second kappa shape index (κ2) is 4.38. The van der Waals surface area contributed by atoms with Crippen molar-refractivity contribution in [2.75, 3.05) is 13.1 Å². The summed E-state index contributed by atoms with van der Waals surface area (Å²) in [5.41, 5.74) is -0.345. The summed E-state index contributed by atoms with van der Waals surface area (Å²) in [6, 6.07) is 1.06. The summed E-state index contributed by atoms with van der Waals surface area (Å²) in [6.07, 6.45) is -3.77. The molecule has 21 heavy (non-hydrogen) atoms. The Bertz CT molecular complexity index is 568. The Morgan fingerprint density at radius 1 is 1.48 bits per heavy atom. The highest BCUT2D eigenvalue weighted by Crippen LogP contribution is 2.52. The predicted molar refractivity (Wildman–Crippen MR) is 66.7 cm³/mol. The molecule has 1 aliphatic carbocycles. The van der Waals surface area contributed by atoms with Gasteiger partial charge in [-0.15, -0.1) is 0 Å². The van der Waals surface area contributed by atoms with E-state index in [0.29, 0.717) is 18.8 Å². The van der Waals surface area contributed by atoms with E-state index >= 15 is 0 Å². The summed E-state index contributed by atoms with van der Waals surface area (Å²) in [5.74, 6) is 0.140. The van der Waals surface area contributed by atoms with E-state index in [1.54, 1.807) is 6.92 Å². The summed E-state index contributed by atoms with van der Waals surface area (Å²) < 4.78 is 39.7. The maximum absolute atomic E-state index is 12.9. The van der Waals surface area contributed by atoms with Gasteiger partial charge in [-0.1, -0.05) is 0 Å². The van der Waals surface area contributed by atoms with Crippen LogP contribution in [0.4, 0.5) is 18.0 Å². The van der Waals surface area contributed by atoms with E-state index < -0.39 is 18.0 Å². The van der Waals surface area contributed by atoms with Crippen LogP contribution in [0.1, 0.15) is 24.2 Å². The Labute approximate surface area is 119 Å². The zero-order valence-electron chi connectivity index (χ0n) is 11.5. The van der Waals surface area contributed by atoms with Crippen LogP contribution in [-0.2, 0) is 12.7 Å². The minimum atomic E-state index is -4.39. The van der Waals surface area contributed by atoms with E-state index in [9.17, 15) is 18.0 Å². The molecule has 0 bridgehead atoms. The minimum Gasteiger partial charge on any atom is -0.465 e. The third kappa shape index (κ3) is 2.47. The Kier molecular flexibility index (Phi) is 2.97. The smallest absolute Gasteiger partial charge is 0.433 e. The zero-order valence-corrected chi connectivity index (χ0v) is 11.5. The molecule has 0 unspecified atom stereocenters. The fraction of sp³-hybridized carbons (Fsp3) is 0.692. The molecule has 1 saturated heterocycles. The summed E-state index contributed by atoms with van der Waals surface area (Å²) in [6.45, 7) is 2.80. The van der Waals surface area contributed by atoms with Crippen LogP contribution in [0.3, 0.4) is 0 Å². The fourth-order valence-electron chi connectivity index (χ4n) is 3.61. The highest BCUT2D eigenvalue weighted by atomic mass is 19.4. The molecule has 1 amide bonds. The van der Waals surface area contributed by atoms with Crippen molar-refractivity contribution in [2.24, 2.45) is 11.3 Å². The van der Waals surface area contributed by atoms with E-state index in [1.165, 1.54) is 4.90 Å². The molecule has 2 heterocycles. The molecule has 1 spiro atoms. The van der Waals surface area contributed by atoms with E-state index in [1.807, 2.05) is 0 Å². The molecule has 3 rings (SSSR count). The van der Waals surface area contributed by atoms with Crippen molar-refractivity contribution in [1.82, 2.24) is 14.7 Å². The normalized spacial score (nSPS) is 21.2. The summed E-state index contributed by atoms with van der Waals surface area (Å²) in [4.78, 5) is 12.1. The first-order chi connectivity index (χ1) is 9.68. The van der Waals surface area contributed by atoms with E-state index in [-0.39, 0.29) is 17.9 Å². The van der Waals surface area contributed by atoms with Crippen molar-refractivity contribution in [3.8, 4) is 0 Å². The number of carboxylic acid groups (broad SMARTS) is 1. The van der Waals surface area contributed by atoms with Crippen LogP contribution in [0.2, 0.25) is 0 Å². The largest absolute Gasteiger partial charge is 0.465 e. The van der Waals surface area contributed by atoms with Crippen LogP contribution >= 0.6 is 0 Å². The summed E-state index contributed by atoms with van der Waals surface area (Å²) >= 11 is 0. The lowest BCUT2D eigenvalue weighted by atomic mass is 9.58. The number of likely N-dealkylation sites (tertiary alicyclic amines) is 1. The molecule has 1 saturated carbocycles. The van der Waals surface area contributed by atoms with Gasteiger partial charge in [-0.3, -0.25) is 4.68 Å². The number of nitrogens with zero attached hydrogens (tertiary/aromatic N) is 3. The molecule has 2 fully saturated rings. The number of hydrogen-bond donors (Lipinski definition) is 1. The highest BCUT2D eigenvalue weighted by molar-refractivity contribution is 5.66. The Hall–Kier alpha value is -1.73. The number of alkyl halides is 3. The van der Waals surface area contributed by atoms with E-state index in [2.05, 4.69) is 5.10 Å². The van der Waals surface area contributed by atoms with Crippen molar-refractivity contribution in [3.63, 3.8) is 0 Å². The number of aryl methyl sites for hydroxylation is 1. The van der Waals surface area contributed by atoms with Crippen LogP contribution in [0, 0.1) is 18.3 Å². The topological polar surface area (TPSA) is 58.4 Å². The molecule has 1 aliphatic heterocycles. The van der Waals surface area contributed by atoms with Crippen molar-refractivity contribution in [2.45, 2.75) is 32.5 Å². The first-order valence-electron chi connectivity index (χ1n) is 6.78. The molecule has 1 aromatic rings. The van der Waals surface area contributed by atoms with Gasteiger partial charge in [0.25, 0.3) is 0 Å². The van der Waals surface area contributed by atoms with Crippen LogP contribution in [0.25, 0.3) is 0 Å². The number of hydrogen-bond acceptors (Lipinski definition) is 2. The standard InChI is InChI=1S/C13H16F3N3O2/c1-8-2-10(13(14,15)16)19(17-8)5-9-3-12(4-9)6-18(7-12)11(20)21/h2,9H,3-7H2,1H3,(H,20,21). The molecule has 0 radical (unpaired) electrons. The third-order valence-corrected chi connectivity index (χ3v) is 4.39. The molecular formula is C13H16F3N3O2. The minimum absolute atomic E-state index is 0.00362. The van der Waals surface area contributed by atoms with Gasteiger partial charge in [0, 0.05) is 25.0 Å². The predicted octanol–water partition coefficient (Wildman–Crippen LogP) is 2.60. The molecule has 1 aromatic heterocycles. The SMILES string of the molecule is Cc1cc(C(F)(F)F)n(CC2CC3(C2)CN(C(=O)O)C3)n1. The average molecular weight is 303 g/mol. The quantitative estimate of drug-likeness (QED) is 0.913. The number of carbonyl (C=O) groups is 1. The maximum atomic E-state index is 12.9.